The summed E-state index contributed by atoms with van der Waals surface area (Å²) in [7, 11) is 0. The van der Waals surface area contributed by atoms with E-state index in [1.165, 1.54) is 0 Å². The van der Waals surface area contributed by atoms with Crippen LogP contribution in [-0.4, -0.2) is 26.2 Å². The summed E-state index contributed by atoms with van der Waals surface area (Å²) < 4.78 is 8.13. The highest BCUT2D eigenvalue weighted by Crippen LogP contribution is 2.37. The van der Waals surface area contributed by atoms with Crippen molar-refractivity contribution in [2.75, 3.05) is 11.9 Å². The molecule has 33 heavy (non-hydrogen) atoms. The Morgan fingerprint density at radius 1 is 1.12 bits per heavy atom. The summed E-state index contributed by atoms with van der Waals surface area (Å²) in [6.45, 7) is 3.45. The second-order valence-corrected chi connectivity index (χ2v) is 8.38. The van der Waals surface area contributed by atoms with E-state index in [9.17, 15) is 5.11 Å². The Kier molecular flexibility index (Phi) is 5.75. The number of fused-ring (bicyclic) bond motifs is 1. The van der Waals surface area contributed by atoms with Gasteiger partial charge in [-0.15, -0.1) is 0 Å². The number of aromatic hydroxyl groups is 1. The molecule has 166 valence electrons. The van der Waals surface area contributed by atoms with Crippen molar-refractivity contribution in [3.8, 4) is 28.3 Å². The van der Waals surface area contributed by atoms with Gasteiger partial charge in [-0.05, 0) is 55.3 Å². The Morgan fingerprint density at radius 2 is 2.00 bits per heavy atom. The third kappa shape index (κ3) is 4.56. The Labute approximate surface area is 196 Å². The second-order valence-electron chi connectivity index (χ2n) is 7.97. The van der Waals surface area contributed by atoms with Crippen LogP contribution in [0.15, 0.2) is 77.7 Å². The van der Waals surface area contributed by atoms with E-state index in [1.54, 1.807) is 18.3 Å². The van der Waals surface area contributed by atoms with Gasteiger partial charge in [0.05, 0.1) is 12.0 Å². The molecule has 0 aliphatic heterocycles. The lowest BCUT2D eigenvalue weighted by molar-refractivity contribution is 0.476. The summed E-state index contributed by atoms with van der Waals surface area (Å²) in [5.41, 5.74) is 3.69. The van der Waals surface area contributed by atoms with Gasteiger partial charge in [0.25, 0.3) is 0 Å². The highest BCUT2D eigenvalue weighted by Gasteiger charge is 2.14. The van der Waals surface area contributed by atoms with Crippen LogP contribution in [0, 0.1) is 6.92 Å². The number of furan rings is 1. The molecule has 0 amide bonds. The number of halogens is 1. The maximum Gasteiger partial charge on any atom is 0.135 e. The van der Waals surface area contributed by atoms with Crippen LogP contribution in [0.2, 0.25) is 5.02 Å². The van der Waals surface area contributed by atoms with Crippen molar-refractivity contribution in [3.05, 3.63) is 83.9 Å². The van der Waals surface area contributed by atoms with Crippen LogP contribution >= 0.6 is 11.6 Å². The first kappa shape index (κ1) is 21.1. The summed E-state index contributed by atoms with van der Waals surface area (Å²) in [5, 5.41) is 15.6. The van der Waals surface area contributed by atoms with E-state index in [0.717, 1.165) is 47.4 Å². The van der Waals surface area contributed by atoms with E-state index >= 15 is 0 Å². The summed E-state index contributed by atoms with van der Waals surface area (Å²) in [5.74, 6) is 1.57. The van der Waals surface area contributed by atoms with Crippen LogP contribution in [0.3, 0.4) is 0 Å². The molecule has 0 atom stereocenters. The number of imidazole rings is 1. The summed E-state index contributed by atoms with van der Waals surface area (Å²) >= 11 is 6.36. The molecule has 0 aliphatic rings. The summed E-state index contributed by atoms with van der Waals surface area (Å²) in [6.07, 6.45) is 6.44. The number of aryl methyl sites for hydroxylation is 2. The third-order valence-electron chi connectivity index (χ3n) is 5.55. The monoisotopic (exact) mass is 458 g/mol. The fraction of sp³-hybridized carbons (Fsp3) is 0.154. The fourth-order valence-electron chi connectivity index (χ4n) is 3.79. The smallest absolute Gasteiger partial charge is 0.135 e. The van der Waals surface area contributed by atoms with Crippen LogP contribution in [0.1, 0.15) is 12.0 Å². The number of hydrogen-bond donors (Lipinski definition) is 2. The van der Waals surface area contributed by atoms with Crippen LogP contribution in [0.5, 0.6) is 5.75 Å². The van der Waals surface area contributed by atoms with Gasteiger partial charge in [-0.3, -0.25) is 0 Å². The number of anilines is 1. The lowest BCUT2D eigenvalue weighted by Gasteiger charge is -2.12. The lowest BCUT2D eigenvalue weighted by atomic mass is 10.0. The SMILES string of the molecule is Cc1cc(O)c(-c2cc(-c3cc4ccccc4o3)cc(NCCCn3ccnc3)n2)cc1Cl. The van der Waals surface area contributed by atoms with Crippen LogP contribution in [0.25, 0.3) is 33.6 Å². The molecule has 0 aliphatic carbocycles. The van der Waals surface area contributed by atoms with E-state index in [4.69, 9.17) is 21.0 Å². The van der Waals surface area contributed by atoms with E-state index in [2.05, 4.69) is 10.3 Å². The summed E-state index contributed by atoms with van der Waals surface area (Å²) in [4.78, 5) is 8.83. The zero-order valence-electron chi connectivity index (χ0n) is 18.1. The highest BCUT2D eigenvalue weighted by atomic mass is 35.5. The first-order chi connectivity index (χ1) is 16.1. The molecule has 0 saturated heterocycles. The fourth-order valence-corrected chi connectivity index (χ4v) is 3.96. The largest absolute Gasteiger partial charge is 0.507 e. The number of hydrogen-bond acceptors (Lipinski definition) is 5. The minimum atomic E-state index is 0.136. The molecule has 5 aromatic rings. The number of phenolic OH excluding ortho intramolecular Hbond substituents is 1. The van der Waals surface area contributed by atoms with Crippen molar-refractivity contribution in [2.24, 2.45) is 0 Å². The molecule has 0 radical (unpaired) electrons. The second kappa shape index (κ2) is 9.00. The number of benzene rings is 2. The number of pyridine rings is 1. The number of phenols is 1. The molecule has 0 fully saturated rings. The first-order valence-electron chi connectivity index (χ1n) is 10.8. The lowest BCUT2D eigenvalue weighted by Crippen LogP contribution is -2.07. The molecule has 0 unspecified atom stereocenters. The van der Waals surface area contributed by atoms with Gasteiger partial charge in [-0.2, -0.15) is 0 Å². The molecule has 2 N–H and O–H groups in total. The molecule has 0 spiro atoms. The van der Waals surface area contributed by atoms with Gasteiger partial charge in [-0.1, -0.05) is 29.8 Å². The van der Waals surface area contributed by atoms with Gasteiger partial charge < -0.3 is 19.4 Å². The van der Waals surface area contributed by atoms with E-state index in [1.807, 2.05) is 66.5 Å². The first-order valence-corrected chi connectivity index (χ1v) is 11.1. The van der Waals surface area contributed by atoms with Gasteiger partial charge in [0.15, 0.2) is 0 Å². The Bertz CT molecular complexity index is 1380. The van der Waals surface area contributed by atoms with Crippen LogP contribution in [0.4, 0.5) is 5.82 Å². The minimum absolute atomic E-state index is 0.136. The average Bonchev–Trinajstić information content (AvgIpc) is 3.49. The number of para-hydroxylation sites is 1. The third-order valence-corrected chi connectivity index (χ3v) is 5.95. The molecule has 3 aromatic heterocycles. The zero-order chi connectivity index (χ0) is 22.8. The number of rotatable bonds is 7. The van der Waals surface area contributed by atoms with Gasteiger partial charge in [0, 0.05) is 47.0 Å². The van der Waals surface area contributed by atoms with Crippen molar-refractivity contribution in [3.63, 3.8) is 0 Å². The van der Waals surface area contributed by atoms with Crippen molar-refractivity contribution in [2.45, 2.75) is 19.9 Å². The maximum absolute atomic E-state index is 10.6. The van der Waals surface area contributed by atoms with Crippen molar-refractivity contribution >= 4 is 28.4 Å². The standard InChI is InChI=1S/C26H23ClN4O2/c1-17-11-23(32)20(15-21(17)27)22-12-19(25-13-18-5-2-3-6-24(18)33-25)14-26(30-22)29-7-4-9-31-10-8-28-16-31/h2-3,5-6,8,10-16,32H,4,7,9H2,1H3,(H,29,30). The number of aromatic nitrogens is 3. The average molecular weight is 459 g/mol. The Balaban J connectivity index is 1.50. The molecular weight excluding hydrogens is 436 g/mol. The zero-order valence-corrected chi connectivity index (χ0v) is 18.9. The normalized spacial score (nSPS) is 11.2. The van der Waals surface area contributed by atoms with Gasteiger partial charge >= 0.3 is 0 Å². The predicted octanol–water partition coefficient (Wildman–Crippen LogP) is 6.53. The van der Waals surface area contributed by atoms with Crippen LogP contribution in [-0.2, 0) is 6.54 Å². The molecule has 5 rings (SSSR count). The Morgan fingerprint density at radius 3 is 2.82 bits per heavy atom. The molecule has 0 bridgehead atoms. The maximum atomic E-state index is 10.6. The predicted molar refractivity (Wildman–Crippen MR) is 132 cm³/mol. The van der Waals surface area contributed by atoms with E-state index < -0.39 is 0 Å². The number of nitrogens with one attached hydrogen (secondary N) is 1. The van der Waals surface area contributed by atoms with E-state index in [-0.39, 0.29) is 5.75 Å². The number of nitrogens with zero attached hydrogens (tertiary/aromatic N) is 3. The topological polar surface area (TPSA) is 76.1 Å². The van der Waals surface area contributed by atoms with Crippen molar-refractivity contribution < 1.29 is 9.52 Å². The molecule has 2 aromatic carbocycles. The highest BCUT2D eigenvalue weighted by molar-refractivity contribution is 6.31. The van der Waals surface area contributed by atoms with Crippen molar-refractivity contribution in [1.29, 1.82) is 0 Å². The molecule has 6 nitrogen and oxygen atoms in total. The van der Waals surface area contributed by atoms with Crippen molar-refractivity contribution in [1.82, 2.24) is 14.5 Å². The van der Waals surface area contributed by atoms with Gasteiger partial charge in [0.1, 0.15) is 22.9 Å². The minimum Gasteiger partial charge on any atom is -0.507 e. The van der Waals surface area contributed by atoms with Gasteiger partial charge in [0.2, 0.25) is 0 Å². The molecule has 7 heteroatoms. The molecule has 3 heterocycles. The molecule has 0 saturated carbocycles. The Hall–Kier alpha value is -3.77. The molecular formula is C26H23ClN4O2. The van der Waals surface area contributed by atoms with E-state index in [0.29, 0.717) is 22.1 Å². The summed E-state index contributed by atoms with van der Waals surface area (Å²) in [6, 6.07) is 17.2. The van der Waals surface area contributed by atoms with Gasteiger partial charge in [-0.25, -0.2) is 9.97 Å². The quantitative estimate of drug-likeness (QED) is 0.271. The van der Waals surface area contributed by atoms with Crippen LogP contribution < -0.4 is 5.32 Å².